The fourth-order valence-corrected chi connectivity index (χ4v) is 3.76. The van der Waals surface area contributed by atoms with Crippen molar-refractivity contribution < 1.29 is 14.7 Å². The number of carbonyl (C=O) groups is 2. The Hall–Kier alpha value is -1.40. The molecule has 1 aliphatic heterocycles. The van der Waals surface area contributed by atoms with E-state index in [1.807, 2.05) is 36.3 Å². The first kappa shape index (κ1) is 16.0. The molecule has 2 unspecified atom stereocenters. The van der Waals surface area contributed by atoms with Crippen LogP contribution in [0.25, 0.3) is 0 Å². The Labute approximate surface area is 129 Å². The fraction of sp³-hybridized carbons (Fsp3) is 0.600. The first-order valence-electron chi connectivity index (χ1n) is 7.31. The Morgan fingerprint density at radius 1 is 1.57 bits per heavy atom. The van der Waals surface area contributed by atoms with Gasteiger partial charge < -0.3 is 10.4 Å². The molecule has 116 valence electrons. The van der Waals surface area contributed by atoms with E-state index >= 15 is 0 Å². The third-order valence-corrected chi connectivity index (χ3v) is 5.34. The summed E-state index contributed by atoms with van der Waals surface area (Å²) in [5.41, 5.74) is -0.872. The zero-order valence-corrected chi connectivity index (χ0v) is 13.3. The molecule has 2 heterocycles. The zero-order valence-electron chi connectivity index (χ0n) is 12.5. The number of carboxylic acids is 1. The molecule has 0 radical (unpaired) electrons. The molecular weight excluding hydrogens is 288 g/mol. The van der Waals surface area contributed by atoms with Crippen LogP contribution in [0.4, 0.5) is 0 Å². The minimum absolute atomic E-state index is 0.0408. The van der Waals surface area contributed by atoms with Crippen LogP contribution in [0.15, 0.2) is 17.5 Å². The van der Waals surface area contributed by atoms with E-state index in [-0.39, 0.29) is 18.5 Å². The highest BCUT2D eigenvalue weighted by atomic mass is 32.1. The lowest BCUT2D eigenvalue weighted by Gasteiger charge is -2.33. The number of hydrogen-bond donors (Lipinski definition) is 2. The van der Waals surface area contributed by atoms with E-state index < -0.39 is 11.5 Å². The fourth-order valence-electron chi connectivity index (χ4n) is 3.03. The molecule has 0 saturated carbocycles. The quantitative estimate of drug-likeness (QED) is 0.845. The van der Waals surface area contributed by atoms with Gasteiger partial charge in [-0.3, -0.25) is 14.5 Å². The van der Waals surface area contributed by atoms with E-state index in [0.29, 0.717) is 19.4 Å². The monoisotopic (exact) mass is 310 g/mol. The highest BCUT2D eigenvalue weighted by Crippen LogP contribution is 2.32. The molecule has 21 heavy (non-hydrogen) atoms. The van der Waals surface area contributed by atoms with Gasteiger partial charge in [0.1, 0.15) is 5.54 Å². The SMILES string of the molecule is CCC1(C(=O)O)CCCN1CC(=O)NC(C)c1cccs1. The van der Waals surface area contributed by atoms with Crippen molar-refractivity contribution in [1.82, 2.24) is 10.2 Å². The van der Waals surface area contributed by atoms with Crippen molar-refractivity contribution in [2.45, 2.75) is 44.7 Å². The van der Waals surface area contributed by atoms with Gasteiger partial charge in [0.25, 0.3) is 0 Å². The van der Waals surface area contributed by atoms with Gasteiger partial charge in [-0.25, -0.2) is 0 Å². The lowest BCUT2D eigenvalue weighted by Crippen LogP contribution is -2.53. The summed E-state index contributed by atoms with van der Waals surface area (Å²) in [6.07, 6.45) is 1.97. The summed E-state index contributed by atoms with van der Waals surface area (Å²) < 4.78 is 0. The first-order chi connectivity index (χ1) is 9.99. The van der Waals surface area contributed by atoms with Gasteiger partial charge in [0, 0.05) is 4.88 Å². The van der Waals surface area contributed by atoms with Crippen LogP contribution in [-0.4, -0.2) is 40.5 Å². The van der Waals surface area contributed by atoms with Crippen molar-refractivity contribution in [1.29, 1.82) is 0 Å². The van der Waals surface area contributed by atoms with Gasteiger partial charge in [-0.05, 0) is 44.2 Å². The standard InChI is InChI=1S/C15H22N2O3S/c1-3-15(14(19)20)7-5-8-17(15)10-13(18)16-11(2)12-6-4-9-21-12/h4,6,9,11H,3,5,7-8,10H2,1-2H3,(H,16,18)(H,19,20). The molecule has 2 N–H and O–H groups in total. The molecule has 6 heteroatoms. The summed E-state index contributed by atoms with van der Waals surface area (Å²) in [4.78, 5) is 26.7. The molecule has 1 aromatic heterocycles. The molecular formula is C15H22N2O3S. The van der Waals surface area contributed by atoms with Gasteiger partial charge in [0.15, 0.2) is 0 Å². The number of amides is 1. The molecule has 5 nitrogen and oxygen atoms in total. The minimum Gasteiger partial charge on any atom is -0.480 e. The van der Waals surface area contributed by atoms with E-state index in [4.69, 9.17) is 0 Å². The van der Waals surface area contributed by atoms with Crippen LogP contribution in [0.1, 0.15) is 44.0 Å². The number of likely N-dealkylation sites (tertiary alicyclic amines) is 1. The normalized spacial score (nSPS) is 23.9. The van der Waals surface area contributed by atoms with Crippen molar-refractivity contribution in [2.24, 2.45) is 0 Å². The van der Waals surface area contributed by atoms with Crippen LogP contribution >= 0.6 is 11.3 Å². The second-order valence-corrected chi connectivity index (χ2v) is 6.50. The summed E-state index contributed by atoms with van der Waals surface area (Å²) >= 11 is 1.60. The number of thiophene rings is 1. The highest BCUT2D eigenvalue weighted by Gasteiger charge is 2.46. The number of hydrogen-bond acceptors (Lipinski definition) is 4. The second-order valence-electron chi connectivity index (χ2n) is 5.52. The average Bonchev–Trinajstić information content (AvgIpc) is 3.07. The summed E-state index contributed by atoms with van der Waals surface area (Å²) in [5, 5.41) is 14.4. The number of rotatable bonds is 6. The molecule has 0 aromatic carbocycles. The summed E-state index contributed by atoms with van der Waals surface area (Å²) in [6.45, 7) is 4.63. The summed E-state index contributed by atoms with van der Waals surface area (Å²) in [7, 11) is 0. The molecule has 1 fully saturated rings. The van der Waals surface area contributed by atoms with E-state index in [2.05, 4.69) is 5.32 Å². The maximum Gasteiger partial charge on any atom is 0.324 e. The molecule has 2 atom stereocenters. The molecule has 2 rings (SSSR count). The Balaban J connectivity index is 1.97. The number of carbonyl (C=O) groups excluding carboxylic acids is 1. The number of nitrogens with one attached hydrogen (secondary N) is 1. The van der Waals surface area contributed by atoms with Gasteiger partial charge in [-0.2, -0.15) is 0 Å². The lowest BCUT2D eigenvalue weighted by molar-refractivity contribution is -0.150. The minimum atomic E-state index is -0.872. The Morgan fingerprint density at radius 2 is 2.33 bits per heavy atom. The van der Waals surface area contributed by atoms with Crippen molar-refractivity contribution >= 4 is 23.2 Å². The molecule has 1 aromatic rings. The Morgan fingerprint density at radius 3 is 2.90 bits per heavy atom. The molecule has 1 amide bonds. The largest absolute Gasteiger partial charge is 0.480 e. The van der Waals surface area contributed by atoms with E-state index in [1.165, 1.54) is 0 Å². The van der Waals surface area contributed by atoms with E-state index in [9.17, 15) is 14.7 Å². The number of nitrogens with zero attached hydrogens (tertiary/aromatic N) is 1. The molecule has 0 bridgehead atoms. The lowest BCUT2D eigenvalue weighted by atomic mass is 9.93. The highest BCUT2D eigenvalue weighted by molar-refractivity contribution is 7.10. The topological polar surface area (TPSA) is 69.6 Å². The molecule has 1 aliphatic rings. The smallest absolute Gasteiger partial charge is 0.324 e. The summed E-state index contributed by atoms with van der Waals surface area (Å²) in [5.74, 6) is -0.932. The maximum atomic E-state index is 12.2. The van der Waals surface area contributed by atoms with E-state index in [1.54, 1.807) is 11.3 Å². The number of aliphatic carboxylic acids is 1. The van der Waals surface area contributed by atoms with Crippen LogP contribution < -0.4 is 5.32 Å². The second kappa shape index (κ2) is 6.58. The Bertz CT molecular complexity index is 503. The predicted octanol–water partition coefficient (Wildman–Crippen LogP) is 2.25. The van der Waals surface area contributed by atoms with Crippen LogP contribution in [-0.2, 0) is 9.59 Å². The van der Waals surface area contributed by atoms with Crippen molar-refractivity contribution in [3.8, 4) is 0 Å². The number of carboxylic acid groups (broad SMARTS) is 1. The van der Waals surface area contributed by atoms with Gasteiger partial charge in [0.2, 0.25) is 5.91 Å². The Kier molecular flexibility index (Phi) is 5.00. The third-order valence-electron chi connectivity index (χ3n) is 4.29. The van der Waals surface area contributed by atoms with Gasteiger partial charge >= 0.3 is 5.97 Å². The van der Waals surface area contributed by atoms with Crippen LogP contribution in [0.3, 0.4) is 0 Å². The van der Waals surface area contributed by atoms with Gasteiger partial charge in [-0.1, -0.05) is 13.0 Å². The van der Waals surface area contributed by atoms with Crippen LogP contribution in [0.2, 0.25) is 0 Å². The van der Waals surface area contributed by atoms with Crippen LogP contribution in [0, 0.1) is 0 Å². The van der Waals surface area contributed by atoms with Gasteiger partial charge in [-0.15, -0.1) is 11.3 Å². The zero-order chi connectivity index (χ0) is 15.5. The van der Waals surface area contributed by atoms with E-state index in [0.717, 1.165) is 11.3 Å². The average molecular weight is 310 g/mol. The third kappa shape index (κ3) is 3.27. The van der Waals surface area contributed by atoms with Crippen molar-refractivity contribution in [3.05, 3.63) is 22.4 Å². The first-order valence-corrected chi connectivity index (χ1v) is 8.19. The molecule has 0 spiro atoms. The molecule has 1 saturated heterocycles. The maximum absolute atomic E-state index is 12.2. The predicted molar refractivity (Wildman–Crippen MR) is 82.3 cm³/mol. The molecule has 0 aliphatic carbocycles. The van der Waals surface area contributed by atoms with Gasteiger partial charge in [0.05, 0.1) is 12.6 Å². The summed E-state index contributed by atoms with van der Waals surface area (Å²) in [6, 6.07) is 3.90. The van der Waals surface area contributed by atoms with Crippen LogP contribution in [0.5, 0.6) is 0 Å². The van der Waals surface area contributed by atoms with Crippen molar-refractivity contribution in [2.75, 3.05) is 13.1 Å². The van der Waals surface area contributed by atoms with Crippen molar-refractivity contribution in [3.63, 3.8) is 0 Å².